The number of rotatable bonds is 6. The van der Waals surface area contributed by atoms with Crippen LogP contribution in [0.1, 0.15) is 33.4 Å². The number of ketones is 1. The molecule has 1 saturated carbocycles. The van der Waals surface area contributed by atoms with Crippen LogP contribution in [0.25, 0.3) is 11.1 Å². The summed E-state index contributed by atoms with van der Waals surface area (Å²) in [6.07, 6.45) is 0. The number of Topliss-reactive ketones (excluding diaryl/α,β-unsaturated/α-hetero) is 1. The van der Waals surface area contributed by atoms with Crippen molar-refractivity contribution >= 4 is 40.1 Å². The molecule has 1 saturated heterocycles. The van der Waals surface area contributed by atoms with E-state index in [1.165, 1.54) is 24.3 Å². The highest BCUT2D eigenvalue weighted by molar-refractivity contribution is 6.39. The van der Waals surface area contributed by atoms with E-state index in [0.717, 1.165) is 38.3 Å². The molecule has 0 unspecified atom stereocenters. The molecule has 7 heteroatoms. The summed E-state index contributed by atoms with van der Waals surface area (Å²) in [5, 5.41) is 11.4. The van der Waals surface area contributed by atoms with Crippen LogP contribution in [0.2, 0.25) is 0 Å². The topological polar surface area (TPSA) is 97.6 Å². The molecule has 2 fully saturated rings. The minimum absolute atomic E-state index is 0.153. The molecule has 4 atom stereocenters. The van der Waals surface area contributed by atoms with Crippen LogP contribution in [0.15, 0.2) is 133 Å². The number of imide groups is 1. The number of aryl methyl sites for hydroxylation is 2. The average Bonchev–Trinajstić information content (AvgIpc) is 3.62. The van der Waals surface area contributed by atoms with Crippen molar-refractivity contribution in [1.29, 1.82) is 0 Å². The lowest BCUT2D eigenvalue weighted by molar-refractivity contribution is -0.384. The van der Waals surface area contributed by atoms with Gasteiger partial charge in [-0.2, -0.15) is 0 Å². The molecule has 2 amide bonds. The van der Waals surface area contributed by atoms with E-state index in [4.69, 9.17) is 0 Å². The highest BCUT2D eigenvalue weighted by Gasteiger charge is 2.82. The first kappa shape index (κ1) is 29.5. The predicted molar refractivity (Wildman–Crippen MR) is 183 cm³/mol. The van der Waals surface area contributed by atoms with E-state index in [1.807, 2.05) is 123 Å². The van der Waals surface area contributed by atoms with Gasteiger partial charge in [-0.15, -0.1) is 0 Å². The summed E-state index contributed by atoms with van der Waals surface area (Å²) in [4.78, 5) is 58.1. The van der Waals surface area contributed by atoms with Gasteiger partial charge in [-0.1, -0.05) is 120 Å². The third-order valence-electron chi connectivity index (χ3n) is 10.5. The van der Waals surface area contributed by atoms with Crippen molar-refractivity contribution in [2.24, 2.45) is 11.8 Å². The van der Waals surface area contributed by atoms with Crippen LogP contribution < -0.4 is 4.90 Å². The van der Waals surface area contributed by atoms with Crippen LogP contribution in [0.5, 0.6) is 0 Å². The largest absolute Gasteiger partial charge is 0.297 e. The molecule has 0 spiro atoms. The number of hydrogen-bond donors (Lipinski definition) is 0. The fourth-order valence-electron chi connectivity index (χ4n) is 8.54. The monoisotopic (exact) mass is 630 g/mol. The minimum atomic E-state index is -1.51. The summed E-state index contributed by atoms with van der Waals surface area (Å²) in [6, 6.07) is 40.2. The van der Waals surface area contributed by atoms with Gasteiger partial charge < -0.3 is 0 Å². The Morgan fingerprint density at radius 3 is 1.33 bits per heavy atom. The molecule has 2 aliphatic carbocycles. The Bertz CT molecular complexity index is 2050. The number of non-ortho nitro benzene ring substituents is 1. The van der Waals surface area contributed by atoms with Crippen LogP contribution in [0, 0.1) is 35.8 Å². The number of carbonyl (C=O) groups is 3. The van der Waals surface area contributed by atoms with Crippen molar-refractivity contribution < 1.29 is 19.3 Å². The molecule has 3 aliphatic rings. The SMILES string of the molecule is Cc1ccc(C2=C(c3ccc(C)cc3)[C@@]3(c4ccccc4)C(=O)[C@@]2(c2ccccc2)[C@@H]2C(=O)N(c4ccc([N+](=O)[O-])cc4)C(=O)[C@H]23)cc1. The fraction of sp³-hybridized carbons (Fsp3) is 0.146. The quantitative estimate of drug-likeness (QED) is 0.111. The minimum Gasteiger partial charge on any atom is -0.297 e. The van der Waals surface area contributed by atoms with Crippen LogP contribution in [0.4, 0.5) is 11.4 Å². The Balaban J connectivity index is 1.52. The van der Waals surface area contributed by atoms with Gasteiger partial charge in [0.15, 0.2) is 5.78 Å². The van der Waals surface area contributed by atoms with Crippen molar-refractivity contribution in [3.63, 3.8) is 0 Å². The normalized spacial score (nSPS) is 24.4. The molecule has 0 radical (unpaired) electrons. The van der Waals surface area contributed by atoms with Crippen LogP contribution >= 0.6 is 0 Å². The maximum absolute atomic E-state index is 15.9. The molecular formula is C41H30N2O5. The average molecular weight is 631 g/mol. The predicted octanol–water partition coefficient (Wildman–Crippen LogP) is 7.40. The summed E-state index contributed by atoms with van der Waals surface area (Å²) in [6.45, 7) is 4.00. The molecule has 234 valence electrons. The maximum Gasteiger partial charge on any atom is 0.269 e. The van der Waals surface area contributed by atoms with E-state index in [9.17, 15) is 10.1 Å². The highest BCUT2D eigenvalue weighted by atomic mass is 16.6. The van der Waals surface area contributed by atoms with Gasteiger partial charge in [0.1, 0.15) is 0 Å². The number of nitro benzene ring substituents is 1. The third kappa shape index (κ3) is 3.72. The first-order valence-corrected chi connectivity index (χ1v) is 15.9. The van der Waals surface area contributed by atoms with Crippen LogP contribution in [-0.2, 0) is 25.2 Å². The first-order chi connectivity index (χ1) is 23.2. The first-order valence-electron chi connectivity index (χ1n) is 15.9. The Morgan fingerprint density at radius 1 is 0.562 bits per heavy atom. The molecular weight excluding hydrogens is 600 g/mol. The third-order valence-corrected chi connectivity index (χ3v) is 10.5. The lowest BCUT2D eigenvalue weighted by Crippen LogP contribution is -2.45. The van der Waals surface area contributed by atoms with Gasteiger partial charge in [-0.3, -0.25) is 24.5 Å². The van der Waals surface area contributed by atoms with Gasteiger partial charge in [0.25, 0.3) is 5.69 Å². The molecule has 2 bridgehead atoms. The van der Waals surface area contributed by atoms with Crippen molar-refractivity contribution in [3.05, 3.63) is 177 Å². The van der Waals surface area contributed by atoms with Gasteiger partial charge in [0.2, 0.25) is 11.8 Å². The number of hydrogen-bond acceptors (Lipinski definition) is 5. The zero-order chi connectivity index (χ0) is 33.4. The van der Waals surface area contributed by atoms with Gasteiger partial charge in [-0.25, -0.2) is 4.90 Å². The summed E-state index contributed by atoms with van der Waals surface area (Å²) in [5.74, 6) is -3.33. The maximum atomic E-state index is 15.9. The number of amides is 2. The number of benzene rings is 5. The Hall–Kier alpha value is -5.95. The second-order valence-corrected chi connectivity index (χ2v) is 12.9. The summed E-state index contributed by atoms with van der Waals surface area (Å²) in [5.41, 5.74) is 3.49. The molecule has 0 N–H and O–H groups in total. The summed E-state index contributed by atoms with van der Waals surface area (Å²) >= 11 is 0. The number of anilines is 1. The number of fused-ring (bicyclic) bond motifs is 5. The lowest BCUT2D eigenvalue weighted by atomic mass is 9.59. The van der Waals surface area contributed by atoms with E-state index in [0.29, 0.717) is 11.1 Å². The van der Waals surface area contributed by atoms with Gasteiger partial charge >= 0.3 is 0 Å². The van der Waals surface area contributed by atoms with Crippen LogP contribution in [-0.4, -0.2) is 22.5 Å². The fourth-order valence-corrected chi connectivity index (χ4v) is 8.54. The Morgan fingerprint density at radius 2 is 0.958 bits per heavy atom. The van der Waals surface area contributed by atoms with E-state index < -0.39 is 39.4 Å². The van der Waals surface area contributed by atoms with E-state index in [1.54, 1.807) is 0 Å². The molecule has 8 rings (SSSR count). The zero-order valence-electron chi connectivity index (χ0n) is 26.3. The van der Waals surface area contributed by atoms with E-state index >= 15 is 14.4 Å². The molecule has 1 heterocycles. The summed E-state index contributed by atoms with van der Waals surface area (Å²) in [7, 11) is 0. The molecule has 1 aliphatic heterocycles. The van der Waals surface area contributed by atoms with Gasteiger partial charge in [0, 0.05) is 12.1 Å². The molecule has 48 heavy (non-hydrogen) atoms. The number of nitro groups is 1. The molecule has 0 aromatic heterocycles. The van der Waals surface area contributed by atoms with Crippen LogP contribution in [0.3, 0.4) is 0 Å². The van der Waals surface area contributed by atoms with Crippen molar-refractivity contribution in [2.45, 2.75) is 24.7 Å². The zero-order valence-corrected chi connectivity index (χ0v) is 26.3. The second kappa shape index (κ2) is 10.5. The molecule has 5 aromatic rings. The van der Waals surface area contributed by atoms with Crippen molar-refractivity contribution in [1.82, 2.24) is 0 Å². The molecule has 7 nitrogen and oxygen atoms in total. The number of carbonyl (C=O) groups excluding carboxylic acids is 3. The Labute approximate surface area is 277 Å². The standard InChI is InChI=1S/C41H30N2O5/c1-25-13-17-27(18-14-25)33-34(28-19-15-26(2)16-20-28)41(30-11-7-4-8-12-30)36-35(40(33,39(41)46)29-9-5-3-6-10-29)37(44)42(38(36)45)31-21-23-32(24-22-31)43(47)48/h3-24,35-36H,1-2H3/t35-,36-,40+,41+/m0/s1. The van der Waals surface area contributed by atoms with E-state index in [2.05, 4.69) is 0 Å². The van der Waals surface area contributed by atoms with Gasteiger partial charge in [-0.05, 0) is 59.4 Å². The lowest BCUT2D eigenvalue weighted by Gasteiger charge is -2.39. The molecule has 5 aromatic carbocycles. The van der Waals surface area contributed by atoms with E-state index in [-0.39, 0.29) is 17.2 Å². The summed E-state index contributed by atoms with van der Waals surface area (Å²) < 4.78 is 0. The Kier molecular flexibility index (Phi) is 6.47. The van der Waals surface area contributed by atoms with Gasteiger partial charge in [0.05, 0.1) is 33.3 Å². The van der Waals surface area contributed by atoms with Crippen molar-refractivity contribution in [3.8, 4) is 0 Å². The number of allylic oxidation sites excluding steroid dienone is 2. The van der Waals surface area contributed by atoms with Crippen molar-refractivity contribution in [2.75, 3.05) is 4.90 Å². The number of nitrogens with zero attached hydrogens (tertiary/aromatic N) is 2. The second-order valence-electron chi connectivity index (χ2n) is 12.9. The smallest absolute Gasteiger partial charge is 0.269 e. The highest BCUT2D eigenvalue weighted by Crippen LogP contribution is 2.74.